The average Bonchev–Trinajstić information content (AvgIpc) is 3.32. The molecule has 0 aliphatic rings. The van der Waals surface area contributed by atoms with Crippen molar-refractivity contribution in [3.05, 3.63) is 76.0 Å². The summed E-state index contributed by atoms with van der Waals surface area (Å²) in [6.07, 6.45) is 5.20. The second kappa shape index (κ2) is 7.28. The molecule has 1 N–H and O–H groups in total. The fraction of sp³-hybridized carbons (Fsp3) is 0.200. The van der Waals surface area contributed by atoms with Crippen LogP contribution in [0.3, 0.4) is 0 Å². The molecule has 6 nitrogen and oxygen atoms in total. The number of aryl methyl sites for hydroxylation is 1. The lowest BCUT2D eigenvalue weighted by molar-refractivity contribution is 0.0941. The van der Waals surface area contributed by atoms with Crippen LogP contribution in [0, 0.1) is 6.92 Å². The molecule has 4 rings (SSSR count). The summed E-state index contributed by atoms with van der Waals surface area (Å²) in [5.41, 5.74) is 3.06. The van der Waals surface area contributed by atoms with Gasteiger partial charge in [0, 0.05) is 23.0 Å². The highest BCUT2D eigenvalue weighted by atomic mass is 32.1. The average molecular weight is 377 g/mol. The summed E-state index contributed by atoms with van der Waals surface area (Å²) in [6.45, 7) is 4.48. The maximum atomic E-state index is 12.9. The maximum absolute atomic E-state index is 12.9. The van der Waals surface area contributed by atoms with E-state index in [1.165, 1.54) is 4.88 Å². The van der Waals surface area contributed by atoms with Crippen molar-refractivity contribution in [3.63, 3.8) is 0 Å². The van der Waals surface area contributed by atoms with Crippen LogP contribution in [0.15, 0.2) is 54.3 Å². The molecule has 0 aliphatic heterocycles. The van der Waals surface area contributed by atoms with Crippen molar-refractivity contribution >= 4 is 28.3 Å². The molecule has 27 heavy (non-hydrogen) atoms. The fourth-order valence-corrected chi connectivity index (χ4v) is 3.70. The summed E-state index contributed by atoms with van der Waals surface area (Å²) >= 11 is 1.68. The predicted molar refractivity (Wildman–Crippen MR) is 106 cm³/mol. The van der Waals surface area contributed by atoms with Crippen molar-refractivity contribution in [3.8, 4) is 0 Å². The van der Waals surface area contributed by atoms with Gasteiger partial charge in [-0.05, 0) is 43.0 Å². The van der Waals surface area contributed by atoms with Crippen molar-refractivity contribution < 1.29 is 4.79 Å². The second-order valence-electron chi connectivity index (χ2n) is 6.41. The van der Waals surface area contributed by atoms with Crippen LogP contribution in [0.25, 0.3) is 11.0 Å². The summed E-state index contributed by atoms with van der Waals surface area (Å²) in [7, 11) is 0. The van der Waals surface area contributed by atoms with Gasteiger partial charge < -0.3 is 5.32 Å². The first-order valence-corrected chi connectivity index (χ1v) is 9.56. The van der Waals surface area contributed by atoms with Crippen LogP contribution in [0.2, 0.25) is 0 Å². The number of rotatable bonds is 5. The molecule has 0 bridgehead atoms. The summed E-state index contributed by atoms with van der Waals surface area (Å²) < 4.78 is 1.84. The lowest BCUT2D eigenvalue weighted by Crippen LogP contribution is -2.27. The number of carbonyl (C=O) groups is 1. The quantitative estimate of drug-likeness (QED) is 0.575. The molecule has 4 aromatic heterocycles. The number of nitrogens with one attached hydrogen (secondary N) is 1. The number of hydrogen-bond donors (Lipinski definition) is 1. The smallest absolute Gasteiger partial charge is 0.252 e. The van der Waals surface area contributed by atoms with E-state index in [2.05, 4.69) is 26.4 Å². The van der Waals surface area contributed by atoms with Crippen LogP contribution in [-0.4, -0.2) is 25.7 Å². The van der Waals surface area contributed by atoms with E-state index in [0.29, 0.717) is 12.1 Å². The molecular weight excluding hydrogens is 358 g/mol. The standard InChI is InChI=1S/C20H19N5OS/c1-13-9-17(20(26)24-14(2)15-5-3-7-21-10-15)18-11-22-25(19(18)23-13)12-16-6-4-8-27-16/h3-11,14H,12H2,1-2H3,(H,24,26). The lowest BCUT2D eigenvalue weighted by atomic mass is 10.1. The topological polar surface area (TPSA) is 72.7 Å². The van der Waals surface area contributed by atoms with Crippen molar-refractivity contribution in [2.24, 2.45) is 0 Å². The first-order valence-electron chi connectivity index (χ1n) is 8.68. The third-order valence-electron chi connectivity index (χ3n) is 4.40. The molecule has 1 atom stereocenters. The third-order valence-corrected chi connectivity index (χ3v) is 5.26. The largest absolute Gasteiger partial charge is 0.345 e. The van der Waals surface area contributed by atoms with Gasteiger partial charge in [0.2, 0.25) is 0 Å². The first-order chi connectivity index (χ1) is 13.1. The Morgan fingerprint density at radius 3 is 2.93 bits per heavy atom. The molecule has 0 saturated carbocycles. The zero-order valence-electron chi connectivity index (χ0n) is 15.1. The van der Waals surface area contributed by atoms with Gasteiger partial charge in [0.25, 0.3) is 5.91 Å². The second-order valence-corrected chi connectivity index (χ2v) is 7.44. The molecule has 4 aromatic rings. The summed E-state index contributed by atoms with van der Waals surface area (Å²) in [4.78, 5) is 22.8. The van der Waals surface area contributed by atoms with Gasteiger partial charge >= 0.3 is 0 Å². The van der Waals surface area contributed by atoms with Crippen LogP contribution in [0.4, 0.5) is 0 Å². The molecule has 7 heteroatoms. The predicted octanol–water partition coefficient (Wildman–Crippen LogP) is 3.74. The van der Waals surface area contributed by atoms with Crippen molar-refractivity contribution in [1.82, 2.24) is 25.1 Å². The minimum absolute atomic E-state index is 0.141. The van der Waals surface area contributed by atoms with E-state index in [1.807, 2.05) is 48.2 Å². The van der Waals surface area contributed by atoms with Gasteiger partial charge in [0.15, 0.2) is 5.65 Å². The van der Waals surface area contributed by atoms with Crippen LogP contribution >= 0.6 is 11.3 Å². The molecule has 1 amide bonds. The fourth-order valence-electron chi connectivity index (χ4n) is 3.02. The van der Waals surface area contributed by atoms with Gasteiger partial charge in [0.05, 0.1) is 29.7 Å². The number of thiophene rings is 1. The Morgan fingerprint density at radius 1 is 1.30 bits per heavy atom. The highest BCUT2D eigenvalue weighted by Gasteiger charge is 2.18. The number of carbonyl (C=O) groups excluding carboxylic acids is 1. The number of pyridine rings is 2. The monoisotopic (exact) mass is 377 g/mol. The highest BCUT2D eigenvalue weighted by molar-refractivity contribution is 7.09. The lowest BCUT2D eigenvalue weighted by Gasteiger charge is -2.14. The Kier molecular flexibility index (Phi) is 4.68. The maximum Gasteiger partial charge on any atom is 0.252 e. The molecule has 0 saturated heterocycles. The Balaban J connectivity index is 1.65. The van der Waals surface area contributed by atoms with E-state index in [9.17, 15) is 4.79 Å². The first kappa shape index (κ1) is 17.4. The Morgan fingerprint density at radius 2 is 2.19 bits per heavy atom. The minimum Gasteiger partial charge on any atom is -0.345 e. The number of nitrogens with zero attached hydrogens (tertiary/aromatic N) is 4. The highest BCUT2D eigenvalue weighted by Crippen LogP contribution is 2.21. The molecule has 0 fully saturated rings. The molecule has 0 radical (unpaired) electrons. The number of fused-ring (bicyclic) bond motifs is 1. The van der Waals surface area contributed by atoms with Crippen molar-refractivity contribution in [1.29, 1.82) is 0 Å². The third kappa shape index (κ3) is 3.59. The van der Waals surface area contributed by atoms with Gasteiger partial charge in [-0.15, -0.1) is 11.3 Å². The zero-order valence-corrected chi connectivity index (χ0v) is 15.9. The van der Waals surface area contributed by atoms with Crippen LogP contribution in [0.5, 0.6) is 0 Å². The van der Waals surface area contributed by atoms with E-state index in [4.69, 9.17) is 0 Å². The van der Waals surface area contributed by atoms with E-state index in [1.54, 1.807) is 29.9 Å². The van der Waals surface area contributed by atoms with Crippen LogP contribution in [0.1, 0.15) is 39.5 Å². The zero-order chi connectivity index (χ0) is 18.8. The molecule has 1 unspecified atom stereocenters. The van der Waals surface area contributed by atoms with E-state index < -0.39 is 0 Å². The number of aromatic nitrogens is 4. The van der Waals surface area contributed by atoms with E-state index >= 15 is 0 Å². The van der Waals surface area contributed by atoms with E-state index in [0.717, 1.165) is 22.3 Å². The number of hydrogen-bond acceptors (Lipinski definition) is 5. The van der Waals surface area contributed by atoms with Gasteiger partial charge in [-0.25, -0.2) is 9.67 Å². The van der Waals surface area contributed by atoms with Crippen molar-refractivity contribution in [2.45, 2.75) is 26.4 Å². The molecule has 136 valence electrons. The normalized spacial score (nSPS) is 12.2. The number of amides is 1. The van der Waals surface area contributed by atoms with Crippen molar-refractivity contribution in [2.75, 3.05) is 0 Å². The minimum atomic E-state index is -0.143. The van der Waals surface area contributed by atoms with E-state index in [-0.39, 0.29) is 11.9 Å². The molecular formula is C20H19N5OS. The summed E-state index contributed by atoms with van der Waals surface area (Å²) in [5.74, 6) is -0.141. The van der Waals surface area contributed by atoms with Crippen LogP contribution in [-0.2, 0) is 6.54 Å². The van der Waals surface area contributed by atoms with Gasteiger partial charge in [-0.2, -0.15) is 5.10 Å². The Bertz CT molecular complexity index is 1070. The SMILES string of the molecule is Cc1cc(C(=O)NC(C)c2cccnc2)c2cnn(Cc3cccs3)c2n1. The summed E-state index contributed by atoms with van der Waals surface area (Å²) in [5, 5.41) is 10.3. The van der Waals surface area contributed by atoms with Crippen LogP contribution < -0.4 is 5.32 Å². The molecule has 0 spiro atoms. The Labute approximate surface area is 160 Å². The molecule has 0 aliphatic carbocycles. The summed E-state index contributed by atoms with van der Waals surface area (Å²) in [6, 6.07) is 9.56. The molecule has 4 heterocycles. The van der Waals surface area contributed by atoms with Gasteiger partial charge in [0.1, 0.15) is 0 Å². The van der Waals surface area contributed by atoms with Gasteiger partial charge in [-0.3, -0.25) is 9.78 Å². The van der Waals surface area contributed by atoms with Gasteiger partial charge in [-0.1, -0.05) is 12.1 Å². The molecule has 0 aromatic carbocycles. The Hall–Kier alpha value is -3.06.